The molecule has 7 nitrogen and oxygen atoms in total. The van der Waals surface area contributed by atoms with Gasteiger partial charge in [-0.15, -0.1) is 0 Å². The van der Waals surface area contributed by atoms with Crippen LogP contribution in [0.15, 0.2) is 27.7 Å². The van der Waals surface area contributed by atoms with Crippen LogP contribution in [0.3, 0.4) is 0 Å². The Morgan fingerprint density at radius 3 is 2.35 bits per heavy atom. The van der Waals surface area contributed by atoms with E-state index in [1.807, 2.05) is 19.9 Å². The molecule has 7 heteroatoms. The van der Waals surface area contributed by atoms with E-state index in [0.717, 1.165) is 59.4 Å². The predicted octanol–water partition coefficient (Wildman–Crippen LogP) is 4.90. The fourth-order valence-electron chi connectivity index (χ4n) is 3.48. The monoisotopic (exact) mass is 430 g/mol. The van der Waals surface area contributed by atoms with Gasteiger partial charge in [-0.1, -0.05) is 32.0 Å². The first-order chi connectivity index (χ1) is 14.9. The number of nitrogens with one attached hydrogen (secondary N) is 2. The summed E-state index contributed by atoms with van der Waals surface area (Å²) in [6, 6.07) is 6.16. The van der Waals surface area contributed by atoms with Gasteiger partial charge in [0, 0.05) is 25.1 Å². The lowest BCUT2D eigenvalue weighted by molar-refractivity contribution is 0.268. The summed E-state index contributed by atoms with van der Waals surface area (Å²) >= 11 is 0. The molecule has 0 aliphatic carbocycles. The number of ether oxygens (including phenoxy) is 2. The molecule has 0 aliphatic heterocycles. The first-order valence-corrected chi connectivity index (χ1v) is 11.2. The van der Waals surface area contributed by atoms with Crippen molar-refractivity contribution < 1.29 is 14.0 Å². The van der Waals surface area contributed by atoms with Crippen molar-refractivity contribution in [3.05, 3.63) is 40.8 Å². The lowest BCUT2D eigenvalue weighted by atomic mass is 10.00. The Morgan fingerprint density at radius 2 is 1.77 bits per heavy atom. The number of hydrogen-bond acceptors (Lipinski definition) is 5. The molecule has 1 aromatic carbocycles. The number of benzene rings is 1. The maximum Gasteiger partial charge on any atom is 0.191 e. The highest BCUT2D eigenvalue weighted by Gasteiger charge is 2.18. The second-order valence-electron chi connectivity index (χ2n) is 7.86. The summed E-state index contributed by atoms with van der Waals surface area (Å²) in [5, 5.41) is 10.9. The second-order valence-corrected chi connectivity index (χ2v) is 7.86. The molecule has 1 aromatic heterocycles. The zero-order chi connectivity index (χ0) is 22.8. The molecular formula is C24H38N4O3. The highest BCUT2D eigenvalue weighted by atomic mass is 16.5. The fraction of sp³-hybridized carbons (Fsp3) is 0.583. The van der Waals surface area contributed by atoms with Crippen molar-refractivity contribution in [2.75, 3.05) is 26.8 Å². The summed E-state index contributed by atoms with van der Waals surface area (Å²) in [7, 11) is 1.78. The lowest BCUT2D eigenvalue weighted by Crippen LogP contribution is -2.40. The van der Waals surface area contributed by atoms with E-state index in [1.165, 1.54) is 0 Å². The van der Waals surface area contributed by atoms with E-state index >= 15 is 0 Å². The van der Waals surface area contributed by atoms with E-state index in [2.05, 4.69) is 60.6 Å². The van der Waals surface area contributed by atoms with Crippen LogP contribution < -0.4 is 20.1 Å². The molecule has 0 fully saturated rings. The number of hydrogen-bond donors (Lipinski definition) is 2. The first-order valence-electron chi connectivity index (χ1n) is 11.2. The van der Waals surface area contributed by atoms with E-state index in [1.54, 1.807) is 7.05 Å². The van der Waals surface area contributed by atoms with Gasteiger partial charge in [0.2, 0.25) is 0 Å². The van der Waals surface area contributed by atoms with Gasteiger partial charge in [-0.05, 0) is 51.3 Å². The second kappa shape index (κ2) is 12.2. The van der Waals surface area contributed by atoms with Crippen molar-refractivity contribution in [1.82, 2.24) is 15.8 Å². The number of nitrogens with zero attached hydrogens (tertiary/aromatic N) is 2. The minimum atomic E-state index is 0.0461. The van der Waals surface area contributed by atoms with Crippen molar-refractivity contribution >= 4 is 5.96 Å². The predicted molar refractivity (Wildman–Crippen MR) is 125 cm³/mol. The standard InChI is InChI=1S/C24H38N4O3/c1-8-12-29-21-11-10-20(14-22(21)30-13-9-2)17(4)27-24(25-7)26-15-16(3)23-18(5)28-31-19(23)6/h10-11,14,16-17H,8-9,12-13,15H2,1-7H3,(H2,25,26,27). The van der Waals surface area contributed by atoms with Crippen LogP contribution in [0.25, 0.3) is 0 Å². The largest absolute Gasteiger partial charge is 0.490 e. The molecular weight excluding hydrogens is 392 g/mol. The third-order valence-corrected chi connectivity index (χ3v) is 5.13. The molecule has 2 atom stereocenters. The minimum absolute atomic E-state index is 0.0461. The third-order valence-electron chi connectivity index (χ3n) is 5.13. The van der Waals surface area contributed by atoms with Gasteiger partial charge in [-0.3, -0.25) is 4.99 Å². The van der Waals surface area contributed by atoms with E-state index in [0.29, 0.717) is 13.2 Å². The van der Waals surface area contributed by atoms with Crippen LogP contribution in [-0.2, 0) is 0 Å². The Labute approximate surface area is 186 Å². The molecule has 2 rings (SSSR count). The highest BCUT2D eigenvalue weighted by molar-refractivity contribution is 5.80. The molecule has 0 spiro atoms. The van der Waals surface area contributed by atoms with Crippen LogP contribution in [0.1, 0.15) is 75.1 Å². The summed E-state index contributed by atoms with van der Waals surface area (Å²) in [6.45, 7) is 14.4. The molecule has 31 heavy (non-hydrogen) atoms. The number of guanidine groups is 1. The first kappa shape index (κ1) is 24.6. The van der Waals surface area contributed by atoms with Crippen molar-refractivity contribution in [3.8, 4) is 11.5 Å². The molecule has 2 unspecified atom stereocenters. The summed E-state index contributed by atoms with van der Waals surface area (Å²) in [6.07, 6.45) is 1.91. The van der Waals surface area contributed by atoms with E-state index in [9.17, 15) is 0 Å². The summed E-state index contributed by atoms with van der Waals surface area (Å²) < 4.78 is 17.1. The highest BCUT2D eigenvalue weighted by Crippen LogP contribution is 2.31. The van der Waals surface area contributed by atoms with Gasteiger partial charge in [0.15, 0.2) is 17.5 Å². The average Bonchev–Trinajstić information content (AvgIpc) is 3.11. The van der Waals surface area contributed by atoms with Gasteiger partial charge >= 0.3 is 0 Å². The number of rotatable bonds is 11. The van der Waals surface area contributed by atoms with Crippen LogP contribution in [0, 0.1) is 13.8 Å². The van der Waals surface area contributed by atoms with Crippen molar-refractivity contribution in [3.63, 3.8) is 0 Å². The minimum Gasteiger partial charge on any atom is -0.490 e. The summed E-state index contributed by atoms with van der Waals surface area (Å²) in [5.74, 6) is 3.45. The van der Waals surface area contributed by atoms with Crippen LogP contribution >= 0.6 is 0 Å². The maximum absolute atomic E-state index is 5.93. The van der Waals surface area contributed by atoms with E-state index < -0.39 is 0 Å². The smallest absolute Gasteiger partial charge is 0.191 e. The molecule has 0 saturated carbocycles. The number of aliphatic imine (C=N–C) groups is 1. The summed E-state index contributed by atoms with van der Waals surface area (Å²) in [5.41, 5.74) is 3.20. The SMILES string of the molecule is CCCOc1ccc(C(C)NC(=NC)NCC(C)c2c(C)noc2C)cc1OCCC. The molecule has 2 aromatic rings. The van der Waals surface area contributed by atoms with Crippen LogP contribution in [0.2, 0.25) is 0 Å². The molecule has 0 radical (unpaired) electrons. The summed E-state index contributed by atoms with van der Waals surface area (Å²) in [4.78, 5) is 4.38. The van der Waals surface area contributed by atoms with Crippen LogP contribution in [-0.4, -0.2) is 37.9 Å². The lowest BCUT2D eigenvalue weighted by Gasteiger charge is -2.21. The molecule has 2 N–H and O–H groups in total. The Balaban J connectivity index is 2.03. The molecule has 172 valence electrons. The number of aromatic nitrogens is 1. The average molecular weight is 431 g/mol. The molecule has 0 amide bonds. The Bertz CT molecular complexity index is 828. The van der Waals surface area contributed by atoms with Gasteiger partial charge in [0.1, 0.15) is 5.76 Å². The third kappa shape index (κ3) is 6.91. The van der Waals surface area contributed by atoms with Crippen molar-refractivity contribution in [1.29, 1.82) is 0 Å². The van der Waals surface area contributed by atoms with Crippen molar-refractivity contribution in [2.45, 2.75) is 66.3 Å². The molecule has 1 heterocycles. The topological polar surface area (TPSA) is 80.9 Å². The molecule has 0 bridgehead atoms. The van der Waals surface area contributed by atoms with E-state index in [4.69, 9.17) is 14.0 Å². The van der Waals surface area contributed by atoms with Gasteiger partial charge in [-0.25, -0.2) is 0 Å². The Kier molecular flexibility index (Phi) is 9.69. The van der Waals surface area contributed by atoms with Gasteiger partial charge in [0.05, 0.1) is 24.9 Å². The molecule has 0 saturated heterocycles. The zero-order valence-corrected chi connectivity index (χ0v) is 20.0. The van der Waals surface area contributed by atoms with E-state index in [-0.39, 0.29) is 12.0 Å². The Morgan fingerprint density at radius 1 is 1.10 bits per heavy atom. The van der Waals surface area contributed by atoms with Gasteiger partial charge in [-0.2, -0.15) is 0 Å². The van der Waals surface area contributed by atoms with Crippen LogP contribution in [0.5, 0.6) is 11.5 Å². The fourth-order valence-corrected chi connectivity index (χ4v) is 3.48. The zero-order valence-electron chi connectivity index (χ0n) is 20.0. The normalized spacial score (nSPS) is 13.6. The molecule has 0 aliphatic rings. The maximum atomic E-state index is 5.93. The quantitative estimate of drug-likeness (QED) is 0.390. The number of aryl methyl sites for hydroxylation is 2. The Hall–Kier alpha value is -2.70. The van der Waals surface area contributed by atoms with Crippen LogP contribution in [0.4, 0.5) is 0 Å². The van der Waals surface area contributed by atoms with Gasteiger partial charge in [0.25, 0.3) is 0 Å². The van der Waals surface area contributed by atoms with Gasteiger partial charge < -0.3 is 24.6 Å². The van der Waals surface area contributed by atoms with Crippen molar-refractivity contribution in [2.24, 2.45) is 4.99 Å².